The first kappa shape index (κ1) is 16.4. The van der Waals surface area contributed by atoms with Crippen molar-refractivity contribution in [3.8, 4) is 0 Å². The van der Waals surface area contributed by atoms with Gasteiger partial charge < -0.3 is 5.32 Å². The van der Waals surface area contributed by atoms with Crippen molar-refractivity contribution in [3.63, 3.8) is 0 Å². The van der Waals surface area contributed by atoms with Crippen LogP contribution in [0.15, 0.2) is 24.3 Å². The van der Waals surface area contributed by atoms with Crippen molar-refractivity contribution in [2.24, 2.45) is 5.41 Å². The molecular formula is C16H28N2S. The number of thiol groups is 1. The summed E-state index contributed by atoms with van der Waals surface area (Å²) in [5.41, 5.74) is 3.02. The highest BCUT2D eigenvalue weighted by molar-refractivity contribution is 7.77. The Kier molecular flexibility index (Phi) is 5.34. The largest absolute Gasteiger partial charge is 0.384 e. The minimum Gasteiger partial charge on any atom is -0.384 e. The molecule has 2 nitrogen and oxygen atoms in total. The molecule has 0 amide bonds. The average molecular weight is 280 g/mol. The van der Waals surface area contributed by atoms with E-state index >= 15 is 0 Å². The molecule has 1 aliphatic rings. The lowest BCUT2D eigenvalue weighted by molar-refractivity contribution is 0.178. The predicted octanol–water partition coefficient (Wildman–Crippen LogP) is 4.20. The molecule has 3 heteroatoms. The first-order chi connectivity index (χ1) is 8.87. The van der Waals surface area contributed by atoms with Gasteiger partial charge in [-0.1, -0.05) is 65.6 Å². The second-order valence-electron chi connectivity index (χ2n) is 6.05. The molecule has 0 aromatic heterocycles. The molecular weight excluding hydrogens is 252 g/mol. The summed E-state index contributed by atoms with van der Waals surface area (Å²) in [5.74, 6) is 0. The van der Waals surface area contributed by atoms with E-state index in [1.165, 1.54) is 11.3 Å². The van der Waals surface area contributed by atoms with Crippen LogP contribution in [-0.4, -0.2) is 24.4 Å². The van der Waals surface area contributed by atoms with Gasteiger partial charge >= 0.3 is 0 Å². The van der Waals surface area contributed by atoms with E-state index in [1.54, 1.807) is 0 Å². The number of nitrogens with zero attached hydrogens (tertiary/aromatic N) is 1. The molecule has 0 bridgehead atoms. The van der Waals surface area contributed by atoms with E-state index in [0.29, 0.717) is 0 Å². The van der Waals surface area contributed by atoms with Crippen molar-refractivity contribution in [1.82, 2.24) is 4.31 Å². The predicted molar refractivity (Wildman–Crippen MR) is 89.0 cm³/mol. The van der Waals surface area contributed by atoms with Crippen LogP contribution >= 0.6 is 12.8 Å². The summed E-state index contributed by atoms with van der Waals surface area (Å²) in [7, 11) is 2.03. The van der Waals surface area contributed by atoms with Crippen LogP contribution in [0.2, 0.25) is 0 Å². The molecule has 1 unspecified atom stereocenters. The molecule has 19 heavy (non-hydrogen) atoms. The monoisotopic (exact) mass is 280 g/mol. The fraction of sp³-hybridized carbons (Fsp3) is 0.625. The number of rotatable bonds is 2. The third kappa shape index (κ3) is 3.09. The highest BCUT2D eigenvalue weighted by Gasteiger charge is 2.48. The molecule has 1 heterocycles. The summed E-state index contributed by atoms with van der Waals surface area (Å²) in [6.07, 6.45) is 0. The number of hydrogen-bond acceptors (Lipinski definition) is 3. The number of likely N-dealkylation sites (N-methyl/N-ethyl adjacent to an activating group) is 1. The van der Waals surface area contributed by atoms with Gasteiger partial charge in [-0.2, -0.15) is 0 Å². The summed E-state index contributed by atoms with van der Waals surface area (Å²) in [5, 5.41) is 3.54. The van der Waals surface area contributed by atoms with Gasteiger partial charge in [-0.15, -0.1) is 0 Å². The van der Waals surface area contributed by atoms with Crippen LogP contribution < -0.4 is 5.32 Å². The molecule has 0 saturated heterocycles. The van der Waals surface area contributed by atoms with Crippen LogP contribution in [-0.2, 0) is 5.41 Å². The van der Waals surface area contributed by atoms with Crippen molar-refractivity contribution < 1.29 is 0 Å². The molecule has 108 valence electrons. The lowest BCUT2D eigenvalue weighted by Crippen LogP contribution is -2.48. The van der Waals surface area contributed by atoms with E-state index in [0.717, 1.165) is 13.1 Å². The van der Waals surface area contributed by atoms with E-state index in [-0.39, 0.29) is 10.8 Å². The van der Waals surface area contributed by atoms with E-state index in [2.05, 4.69) is 63.2 Å². The van der Waals surface area contributed by atoms with E-state index < -0.39 is 0 Å². The minimum absolute atomic E-state index is 0.125. The van der Waals surface area contributed by atoms with E-state index in [1.807, 2.05) is 25.2 Å². The van der Waals surface area contributed by atoms with Crippen LogP contribution in [0, 0.1) is 5.41 Å². The Bertz CT molecular complexity index is 409. The third-order valence-corrected chi connectivity index (χ3v) is 4.10. The minimum atomic E-state index is 0.125. The molecule has 1 aromatic carbocycles. The van der Waals surface area contributed by atoms with E-state index in [9.17, 15) is 0 Å². The van der Waals surface area contributed by atoms with Gasteiger partial charge in [0.05, 0.1) is 0 Å². The van der Waals surface area contributed by atoms with Gasteiger partial charge in [-0.25, -0.2) is 0 Å². The second kappa shape index (κ2) is 6.19. The highest BCUT2D eigenvalue weighted by atomic mass is 32.1. The summed E-state index contributed by atoms with van der Waals surface area (Å²) < 4.78 is 2.00. The number of benzene rings is 1. The molecule has 0 aliphatic carbocycles. The van der Waals surface area contributed by atoms with Crippen LogP contribution in [0.5, 0.6) is 0 Å². The van der Waals surface area contributed by atoms with Crippen LogP contribution in [0.4, 0.5) is 5.69 Å². The average Bonchev–Trinajstić information content (AvgIpc) is 2.71. The summed E-state index contributed by atoms with van der Waals surface area (Å²) in [4.78, 5) is 0. The van der Waals surface area contributed by atoms with Crippen molar-refractivity contribution in [1.29, 1.82) is 0 Å². The third-order valence-electron chi connectivity index (χ3n) is 3.96. The van der Waals surface area contributed by atoms with Gasteiger partial charge in [0.1, 0.15) is 0 Å². The Balaban J connectivity index is 0.000000861. The molecule has 0 spiro atoms. The molecule has 1 aliphatic heterocycles. The number of fused-ring (bicyclic) bond motifs is 1. The molecule has 0 radical (unpaired) electrons. The second-order valence-corrected chi connectivity index (χ2v) is 6.73. The fourth-order valence-corrected chi connectivity index (χ4v) is 3.08. The first-order valence-corrected chi connectivity index (χ1v) is 7.50. The number of nitrogens with one attached hydrogen (secondary N) is 1. The lowest BCUT2D eigenvalue weighted by atomic mass is 9.63. The Morgan fingerprint density at radius 1 is 1.26 bits per heavy atom. The quantitative estimate of drug-likeness (QED) is 0.789. The number of hydrogen-bond donors (Lipinski definition) is 2. The summed E-state index contributed by atoms with van der Waals surface area (Å²) >= 11 is 4.46. The molecule has 0 fully saturated rings. The Hall–Kier alpha value is -0.670. The van der Waals surface area contributed by atoms with Gasteiger partial charge in [0, 0.05) is 24.2 Å². The standard InChI is InChI=1S/C14H22N2S.C2H6/c1-13(2,3)14(10-16(4)17)9-15-12-8-6-5-7-11(12)14;1-2/h5-8,15,17H,9-10H2,1-4H3;1-2H3. The summed E-state index contributed by atoms with van der Waals surface area (Å²) in [6, 6.07) is 8.64. The number of para-hydroxylation sites is 1. The maximum atomic E-state index is 4.46. The van der Waals surface area contributed by atoms with Crippen molar-refractivity contribution in [2.75, 3.05) is 25.5 Å². The molecule has 1 atom stereocenters. The van der Waals surface area contributed by atoms with Gasteiger partial charge in [-0.3, -0.25) is 4.31 Å². The molecule has 0 saturated carbocycles. The normalized spacial score (nSPS) is 21.5. The Labute approximate surface area is 124 Å². The van der Waals surface area contributed by atoms with Crippen LogP contribution in [0.25, 0.3) is 0 Å². The maximum absolute atomic E-state index is 4.46. The van der Waals surface area contributed by atoms with E-state index in [4.69, 9.17) is 0 Å². The Morgan fingerprint density at radius 3 is 2.37 bits per heavy atom. The SMILES string of the molecule is CC.CN(S)CC1(C(C)(C)C)CNc2ccccc21. The van der Waals surface area contributed by atoms with Crippen LogP contribution in [0.1, 0.15) is 40.2 Å². The number of anilines is 1. The first-order valence-electron chi connectivity index (χ1n) is 7.10. The molecule has 1 aromatic rings. The van der Waals surface area contributed by atoms with Crippen LogP contribution in [0.3, 0.4) is 0 Å². The smallest absolute Gasteiger partial charge is 0.0380 e. The van der Waals surface area contributed by atoms with Gasteiger partial charge in [0.25, 0.3) is 0 Å². The van der Waals surface area contributed by atoms with Crippen molar-refractivity contribution >= 4 is 18.5 Å². The summed E-state index contributed by atoms with van der Waals surface area (Å²) in [6.45, 7) is 12.9. The zero-order chi connectivity index (χ0) is 14.7. The van der Waals surface area contributed by atoms with Crippen molar-refractivity contribution in [3.05, 3.63) is 29.8 Å². The lowest BCUT2D eigenvalue weighted by Gasteiger charge is -2.43. The topological polar surface area (TPSA) is 15.3 Å². The zero-order valence-electron chi connectivity index (χ0n) is 13.1. The highest BCUT2D eigenvalue weighted by Crippen LogP contribution is 2.48. The zero-order valence-corrected chi connectivity index (χ0v) is 14.0. The fourth-order valence-electron chi connectivity index (χ4n) is 2.83. The maximum Gasteiger partial charge on any atom is 0.0380 e. The van der Waals surface area contributed by atoms with Gasteiger partial charge in [0.15, 0.2) is 0 Å². The van der Waals surface area contributed by atoms with Gasteiger partial charge in [0.2, 0.25) is 0 Å². The molecule has 1 N–H and O–H groups in total. The van der Waals surface area contributed by atoms with Gasteiger partial charge in [-0.05, 0) is 24.1 Å². The van der Waals surface area contributed by atoms with Crippen molar-refractivity contribution in [2.45, 2.75) is 40.0 Å². The molecule has 2 rings (SSSR count). The Morgan fingerprint density at radius 2 is 1.84 bits per heavy atom.